The second-order valence-corrected chi connectivity index (χ2v) is 26.1. The summed E-state index contributed by atoms with van der Waals surface area (Å²) in [5, 5.41) is -0.722. The number of hydrogen-bond acceptors (Lipinski definition) is 12. The maximum Gasteiger partial charge on any atom is 0.272 e. The van der Waals surface area contributed by atoms with Crippen molar-refractivity contribution in [3.8, 4) is 17.2 Å². The molecular weight excluding hydrogens is 1010 g/mol. The predicted octanol–water partition coefficient (Wildman–Crippen LogP) is 11.2. The highest BCUT2D eigenvalue weighted by Crippen LogP contribution is 2.45. The van der Waals surface area contributed by atoms with E-state index < -0.39 is 21.4 Å². The zero-order valence-corrected chi connectivity index (χ0v) is 46.6. The molecule has 5 aromatic rings. The summed E-state index contributed by atoms with van der Waals surface area (Å²) >= 11 is 0. The lowest BCUT2D eigenvalue weighted by atomic mass is 9.97. The number of Topliss-reactive ketones (excluding diaryl/α,β-unsaturated/α-hetero) is 1. The van der Waals surface area contributed by atoms with Crippen LogP contribution in [-0.4, -0.2) is 80.5 Å². The van der Waals surface area contributed by atoms with E-state index in [0.717, 1.165) is 54.3 Å². The van der Waals surface area contributed by atoms with Crippen LogP contribution in [0.1, 0.15) is 126 Å². The van der Waals surface area contributed by atoms with Gasteiger partial charge in [0.15, 0.2) is 11.5 Å². The topological polar surface area (TPSA) is 149 Å². The molecule has 0 radical (unpaired) electrons. The fraction of sp³-hybridized carbons (Fsp3) is 0.424. The van der Waals surface area contributed by atoms with Crippen molar-refractivity contribution in [2.24, 2.45) is 0 Å². The molecule has 0 N–H and O–H groups in total. The maximum absolute atomic E-state index is 14.4. The standard InChI is InChI=1S/C59H67N3O10S3/c1-9-46(63)21-18-37(3)73-74-59(4,5)23-22-56(64)60(6)45-26-38(25-39(27-45)35-72-54-30-40-19-20-44-28-41-14-10-12-16-49(41)61(44)57(65)48(40)33-53(54)69-7)34-71-52-31-43-32-55(75(67,68)70-8)51-29-42-15-11-13-17-50(42)62(51)58(66)47(43)24-36(52)2/h10-17,24-27,30-31,33,37,44,51,55H,9,18-23,28-29,32,34-35H2,1-8H3/t37?,44-,51+,55?/m1/s1. The molecule has 0 aliphatic carbocycles. The molecule has 3 amide bonds. The van der Waals surface area contributed by atoms with Crippen molar-refractivity contribution in [3.63, 3.8) is 0 Å². The van der Waals surface area contributed by atoms with Crippen molar-refractivity contribution < 1.29 is 46.0 Å². The average molecular weight is 1070 g/mol. The van der Waals surface area contributed by atoms with Crippen molar-refractivity contribution in [1.29, 1.82) is 0 Å². The number of ether oxygens (including phenoxy) is 3. The van der Waals surface area contributed by atoms with Crippen LogP contribution in [0.25, 0.3) is 0 Å². The number of nitrogens with zero attached hydrogens (tertiary/aromatic N) is 3. The monoisotopic (exact) mass is 1070 g/mol. The Morgan fingerprint density at radius 1 is 0.773 bits per heavy atom. The maximum atomic E-state index is 14.4. The van der Waals surface area contributed by atoms with Gasteiger partial charge in [-0.25, -0.2) is 0 Å². The Hall–Kier alpha value is -5.81. The van der Waals surface area contributed by atoms with Gasteiger partial charge in [-0.15, -0.1) is 0 Å². The highest BCUT2D eigenvalue weighted by Gasteiger charge is 2.48. The molecule has 16 heteroatoms. The van der Waals surface area contributed by atoms with E-state index >= 15 is 0 Å². The van der Waals surface area contributed by atoms with Gasteiger partial charge in [0.2, 0.25) is 5.91 Å². The number of benzene rings is 5. The highest BCUT2D eigenvalue weighted by molar-refractivity contribution is 8.77. The summed E-state index contributed by atoms with van der Waals surface area (Å²) in [7, 11) is 3.93. The minimum absolute atomic E-state index is 0.0486. The van der Waals surface area contributed by atoms with Crippen molar-refractivity contribution in [1.82, 2.24) is 0 Å². The molecule has 0 aromatic heterocycles. The van der Waals surface area contributed by atoms with E-state index in [-0.39, 0.29) is 53.9 Å². The lowest BCUT2D eigenvalue weighted by molar-refractivity contribution is -0.119. The number of ketones is 1. The van der Waals surface area contributed by atoms with Crippen LogP contribution in [0.3, 0.4) is 0 Å². The fourth-order valence-electron chi connectivity index (χ4n) is 10.8. The van der Waals surface area contributed by atoms with Crippen molar-refractivity contribution >= 4 is 72.3 Å². The van der Waals surface area contributed by atoms with Crippen LogP contribution in [-0.2, 0) is 62.8 Å². The predicted molar refractivity (Wildman–Crippen MR) is 298 cm³/mol. The van der Waals surface area contributed by atoms with Gasteiger partial charge < -0.3 is 28.9 Å². The molecule has 0 fully saturated rings. The molecule has 0 bridgehead atoms. The van der Waals surface area contributed by atoms with Gasteiger partial charge in [-0.3, -0.25) is 23.4 Å². The van der Waals surface area contributed by atoms with Gasteiger partial charge in [0.05, 0.1) is 20.3 Å². The molecule has 396 valence electrons. The van der Waals surface area contributed by atoms with Crippen molar-refractivity contribution in [2.75, 3.05) is 36.0 Å². The van der Waals surface area contributed by atoms with Gasteiger partial charge in [-0.05, 0) is 159 Å². The summed E-state index contributed by atoms with van der Waals surface area (Å²) in [6, 6.07) is 28.1. The van der Waals surface area contributed by atoms with E-state index in [2.05, 4.69) is 26.8 Å². The van der Waals surface area contributed by atoms with Gasteiger partial charge >= 0.3 is 0 Å². The molecule has 0 saturated carbocycles. The largest absolute Gasteiger partial charge is 0.493 e. The number of rotatable bonds is 20. The van der Waals surface area contributed by atoms with Crippen LogP contribution in [0.2, 0.25) is 0 Å². The first-order chi connectivity index (χ1) is 35.9. The number of aryl methyl sites for hydroxylation is 2. The molecule has 9 rings (SSSR count). The molecule has 4 atom stereocenters. The molecule has 75 heavy (non-hydrogen) atoms. The van der Waals surface area contributed by atoms with Gasteiger partial charge in [0, 0.05) is 70.5 Å². The second kappa shape index (κ2) is 22.4. The number of methoxy groups -OCH3 is 1. The molecular formula is C59H67N3O10S3. The van der Waals surface area contributed by atoms with E-state index in [0.29, 0.717) is 94.7 Å². The minimum atomic E-state index is -4.08. The van der Waals surface area contributed by atoms with Crippen LogP contribution in [0.15, 0.2) is 91.0 Å². The molecule has 4 aliphatic rings. The van der Waals surface area contributed by atoms with E-state index in [4.69, 9.17) is 18.4 Å². The van der Waals surface area contributed by atoms with Gasteiger partial charge in [0.1, 0.15) is 30.0 Å². The molecule has 4 aliphatic heterocycles. The lowest BCUT2D eigenvalue weighted by Gasteiger charge is -2.28. The summed E-state index contributed by atoms with van der Waals surface area (Å²) in [5.41, 5.74) is 9.05. The molecule has 2 unspecified atom stereocenters. The number of carbonyl (C=O) groups is 4. The van der Waals surface area contributed by atoms with E-state index in [1.54, 1.807) is 63.7 Å². The Morgan fingerprint density at radius 2 is 1.40 bits per heavy atom. The molecule has 5 aromatic carbocycles. The summed E-state index contributed by atoms with van der Waals surface area (Å²) in [6.45, 7) is 10.4. The van der Waals surface area contributed by atoms with E-state index in [1.807, 2.05) is 85.5 Å². The third-order valence-corrected chi connectivity index (χ3v) is 20.8. The van der Waals surface area contributed by atoms with Crippen molar-refractivity contribution in [3.05, 3.63) is 141 Å². The molecule has 0 saturated heterocycles. The van der Waals surface area contributed by atoms with E-state index in [1.165, 1.54) is 5.56 Å². The van der Waals surface area contributed by atoms with Crippen LogP contribution >= 0.6 is 21.6 Å². The second-order valence-electron chi connectivity index (χ2n) is 20.8. The third-order valence-electron chi connectivity index (χ3n) is 15.2. The summed E-state index contributed by atoms with van der Waals surface area (Å²) in [5.74, 6) is 1.31. The Bertz CT molecular complexity index is 3140. The molecule has 13 nitrogen and oxygen atoms in total. The first-order valence-electron chi connectivity index (χ1n) is 25.9. The molecule has 0 spiro atoms. The number of para-hydroxylation sites is 2. The number of carbonyl (C=O) groups excluding carboxylic acids is 4. The number of anilines is 3. The first kappa shape index (κ1) is 54.0. The summed E-state index contributed by atoms with van der Waals surface area (Å²) in [6.07, 6.45) is 5.64. The first-order valence-corrected chi connectivity index (χ1v) is 29.5. The van der Waals surface area contributed by atoms with Gasteiger partial charge in [0.25, 0.3) is 21.9 Å². The summed E-state index contributed by atoms with van der Waals surface area (Å²) in [4.78, 5) is 59.9. The van der Waals surface area contributed by atoms with Gasteiger partial charge in [-0.2, -0.15) is 8.42 Å². The minimum Gasteiger partial charge on any atom is -0.493 e. The quantitative estimate of drug-likeness (QED) is 0.0539. The smallest absolute Gasteiger partial charge is 0.272 e. The zero-order valence-electron chi connectivity index (χ0n) is 44.1. The number of fused-ring (bicyclic) bond motifs is 8. The fourth-order valence-corrected chi connectivity index (χ4v) is 14.7. The van der Waals surface area contributed by atoms with Crippen LogP contribution in [0.5, 0.6) is 17.2 Å². The average Bonchev–Trinajstić information content (AvgIpc) is 3.91. The van der Waals surface area contributed by atoms with Gasteiger partial charge in [-0.1, -0.05) is 71.8 Å². The van der Waals surface area contributed by atoms with Crippen LogP contribution in [0.4, 0.5) is 17.1 Å². The van der Waals surface area contributed by atoms with Crippen LogP contribution in [0, 0.1) is 6.92 Å². The number of amides is 3. The van der Waals surface area contributed by atoms with Crippen LogP contribution < -0.4 is 28.9 Å². The number of hydrogen-bond donors (Lipinski definition) is 0. The Kier molecular flexibility index (Phi) is 16.1. The van der Waals surface area contributed by atoms with Crippen molar-refractivity contribution in [2.45, 2.75) is 139 Å². The summed E-state index contributed by atoms with van der Waals surface area (Å²) < 4.78 is 51.2. The van der Waals surface area contributed by atoms with E-state index in [9.17, 15) is 27.6 Å². The molecule has 4 heterocycles. The Labute approximate surface area is 449 Å². The highest BCUT2D eigenvalue weighted by atomic mass is 33.1. The Balaban J connectivity index is 0.973. The Morgan fingerprint density at radius 3 is 2.08 bits per heavy atom. The third kappa shape index (κ3) is 11.5. The SMILES string of the molecule is CCC(=O)CCC(C)SSC(C)(C)CCC(=O)N(C)c1cc(COc2cc3c(cc2C)C(=O)N2c4ccccc4C[C@H]2C(S(=O)(=O)OC)C3)cc(COc2cc3c(cc2OC)C(=O)N2c4ccccc4C[C@H]2CC3)c1. The lowest BCUT2D eigenvalue weighted by Crippen LogP contribution is -2.47. The zero-order chi connectivity index (χ0) is 53.3. The normalized spacial score (nSPS) is 18.2.